The lowest BCUT2D eigenvalue weighted by Gasteiger charge is -2.15. The quantitative estimate of drug-likeness (QED) is 0.278. The second-order valence-corrected chi connectivity index (χ2v) is 9.86. The molecule has 0 radical (unpaired) electrons. The molecule has 2 heterocycles. The van der Waals surface area contributed by atoms with Crippen molar-refractivity contribution in [3.63, 3.8) is 0 Å². The molecule has 0 saturated carbocycles. The van der Waals surface area contributed by atoms with E-state index < -0.39 is 16.1 Å². The van der Waals surface area contributed by atoms with Crippen LogP contribution in [-0.4, -0.2) is 28.2 Å². The van der Waals surface area contributed by atoms with Crippen LogP contribution in [0.1, 0.15) is 25.7 Å². The second-order valence-electron chi connectivity index (χ2n) is 8.14. The van der Waals surface area contributed by atoms with Crippen LogP contribution in [0.2, 0.25) is 0 Å². The fraction of sp³-hybridized carbons (Fsp3) is 0.154. The molecule has 0 aliphatic carbocycles. The minimum atomic E-state index is -3.82. The molecule has 0 spiro atoms. The van der Waals surface area contributed by atoms with Crippen molar-refractivity contribution in [1.29, 1.82) is 0 Å². The van der Waals surface area contributed by atoms with Crippen LogP contribution < -0.4 is 14.2 Å². The number of rotatable bonds is 9. The summed E-state index contributed by atoms with van der Waals surface area (Å²) >= 11 is 0. The Bertz CT molecular complexity index is 1580. The van der Waals surface area contributed by atoms with Gasteiger partial charge < -0.3 is 14.5 Å². The Labute approximate surface area is 208 Å². The summed E-state index contributed by atoms with van der Waals surface area (Å²) in [5.41, 5.74) is 0.941. The van der Waals surface area contributed by atoms with Crippen LogP contribution in [0.5, 0.6) is 23.3 Å². The van der Waals surface area contributed by atoms with Gasteiger partial charge in [-0.15, -0.1) is 5.10 Å². The highest BCUT2D eigenvalue weighted by Crippen LogP contribution is 2.27. The largest absolute Gasteiger partial charge is 0.457 e. The summed E-state index contributed by atoms with van der Waals surface area (Å²) in [6, 6.07) is 22.8. The highest BCUT2D eigenvalue weighted by Gasteiger charge is 2.24. The molecule has 0 bridgehead atoms. The van der Waals surface area contributed by atoms with Crippen molar-refractivity contribution in [2.75, 3.05) is 0 Å². The zero-order valence-corrected chi connectivity index (χ0v) is 20.6. The first-order valence-corrected chi connectivity index (χ1v) is 12.9. The van der Waals surface area contributed by atoms with Crippen molar-refractivity contribution >= 4 is 20.9 Å². The topological polar surface area (TPSA) is 111 Å². The first-order chi connectivity index (χ1) is 17.4. The Hall–Kier alpha value is -4.15. The first-order valence-electron chi connectivity index (χ1n) is 11.5. The van der Waals surface area contributed by atoms with Gasteiger partial charge in [-0.1, -0.05) is 23.3 Å². The Morgan fingerprint density at radius 1 is 0.917 bits per heavy atom. The van der Waals surface area contributed by atoms with Crippen LogP contribution in [-0.2, 0) is 16.6 Å². The number of para-hydroxylation sites is 1. The summed E-state index contributed by atoms with van der Waals surface area (Å²) in [6.45, 7) is 4.13. The Morgan fingerprint density at radius 2 is 1.64 bits per heavy atom. The Morgan fingerprint density at radius 3 is 2.39 bits per heavy atom. The zero-order valence-electron chi connectivity index (χ0n) is 19.8. The third-order valence-electron chi connectivity index (χ3n) is 5.63. The van der Waals surface area contributed by atoms with Crippen LogP contribution in [0.3, 0.4) is 0 Å². The van der Waals surface area contributed by atoms with E-state index in [-0.39, 0.29) is 10.9 Å². The van der Waals surface area contributed by atoms with Crippen molar-refractivity contribution < 1.29 is 17.9 Å². The SMILES string of the molecule is CCn1c(Oc2ccc3cc[nH]c3c2)nnc1[C@@H](C)NS(=O)(=O)c1ccc(Oc2ccccc2)cc1. The van der Waals surface area contributed by atoms with Gasteiger partial charge in [-0.05, 0) is 73.8 Å². The molecule has 36 heavy (non-hydrogen) atoms. The highest BCUT2D eigenvalue weighted by molar-refractivity contribution is 7.89. The van der Waals surface area contributed by atoms with E-state index in [1.807, 2.05) is 67.7 Å². The van der Waals surface area contributed by atoms with Gasteiger partial charge in [0.2, 0.25) is 10.0 Å². The molecular weight excluding hydrogens is 478 g/mol. The summed E-state index contributed by atoms with van der Waals surface area (Å²) in [7, 11) is -3.82. The number of nitrogens with zero attached hydrogens (tertiary/aromatic N) is 3. The number of H-pyrrole nitrogens is 1. The lowest BCUT2D eigenvalue weighted by atomic mass is 10.2. The maximum atomic E-state index is 13.0. The standard InChI is InChI=1S/C26H25N5O4S/c1-3-31-25(28-29-26(31)35-22-10-9-19-15-16-27-24(19)17-22)18(2)30-36(32,33)23-13-11-21(12-14-23)34-20-7-5-4-6-8-20/h4-18,27,30H,3H2,1-2H3/t18-/m1/s1. The summed E-state index contributed by atoms with van der Waals surface area (Å²) in [5, 5.41) is 9.43. The number of hydrogen-bond acceptors (Lipinski definition) is 6. The van der Waals surface area contributed by atoms with Crippen molar-refractivity contribution in [3.05, 3.63) is 90.9 Å². The number of aromatic nitrogens is 4. The van der Waals surface area contributed by atoms with E-state index in [0.717, 1.165) is 10.9 Å². The predicted molar refractivity (Wildman–Crippen MR) is 136 cm³/mol. The number of ether oxygens (including phenoxy) is 2. The third-order valence-corrected chi connectivity index (χ3v) is 7.19. The molecule has 2 aromatic heterocycles. The van der Waals surface area contributed by atoms with Gasteiger partial charge in [-0.2, -0.15) is 0 Å². The molecule has 184 valence electrons. The van der Waals surface area contributed by atoms with E-state index in [0.29, 0.717) is 29.6 Å². The molecule has 0 aliphatic rings. The Kier molecular flexibility index (Phi) is 6.45. The van der Waals surface area contributed by atoms with Gasteiger partial charge in [-0.3, -0.25) is 4.57 Å². The lowest BCUT2D eigenvalue weighted by molar-refractivity contribution is 0.408. The van der Waals surface area contributed by atoms with Crippen molar-refractivity contribution in [3.8, 4) is 23.3 Å². The van der Waals surface area contributed by atoms with E-state index in [9.17, 15) is 8.42 Å². The molecular formula is C26H25N5O4S. The Balaban J connectivity index is 1.30. The van der Waals surface area contributed by atoms with E-state index in [1.54, 1.807) is 23.6 Å². The van der Waals surface area contributed by atoms with Gasteiger partial charge in [-0.25, -0.2) is 13.1 Å². The highest BCUT2D eigenvalue weighted by atomic mass is 32.2. The average molecular weight is 504 g/mol. The molecule has 9 nitrogen and oxygen atoms in total. The molecule has 0 unspecified atom stereocenters. The molecule has 0 amide bonds. The summed E-state index contributed by atoms with van der Waals surface area (Å²) in [5.74, 6) is 2.26. The van der Waals surface area contributed by atoms with Crippen LogP contribution in [0.15, 0.2) is 90.0 Å². The fourth-order valence-electron chi connectivity index (χ4n) is 3.85. The van der Waals surface area contributed by atoms with Crippen molar-refractivity contribution in [2.45, 2.75) is 31.3 Å². The summed E-state index contributed by atoms with van der Waals surface area (Å²) < 4.78 is 42.2. The number of benzene rings is 3. The molecule has 0 aliphatic heterocycles. The van der Waals surface area contributed by atoms with E-state index in [1.165, 1.54) is 12.1 Å². The molecule has 10 heteroatoms. The van der Waals surface area contributed by atoms with Crippen LogP contribution in [0.25, 0.3) is 10.9 Å². The molecule has 5 rings (SSSR count). The van der Waals surface area contributed by atoms with Crippen LogP contribution in [0, 0.1) is 0 Å². The van der Waals surface area contributed by atoms with Gasteiger partial charge in [0.25, 0.3) is 0 Å². The number of nitrogens with one attached hydrogen (secondary N) is 2. The first kappa shape index (κ1) is 23.6. The van der Waals surface area contributed by atoms with Crippen LogP contribution in [0.4, 0.5) is 0 Å². The number of fused-ring (bicyclic) bond motifs is 1. The summed E-state index contributed by atoms with van der Waals surface area (Å²) in [4.78, 5) is 3.27. The molecule has 1 atom stereocenters. The van der Waals surface area contributed by atoms with E-state index in [2.05, 4.69) is 19.9 Å². The van der Waals surface area contributed by atoms with Crippen molar-refractivity contribution in [1.82, 2.24) is 24.5 Å². The molecule has 2 N–H and O–H groups in total. The minimum Gasteiger partial charge on any atom is -0.457 e. The van der Waals surface area contributed by atoms with E-state index >= 15 is 0 Å². The number of aromatic amines is 1. The van der Waals surface area contributed by atoms with Gasteiger partial charge >= 0.3 is 6.01 Å². The smallest absolute Gasteiger partial charge is 0.322 e. The molecule has 0 saturated heterocycles. The van der Waals surface area contributed by atoms with Crippen molar-refractivity contribution in [2.24, 2.45) is 0 Å². The van der Waals surface area contributed by atoms with Gasteiger partial charge in [0.05, 0.1) is 10.9 Å². The van der Waals surface area contributed by atoms with Gasteiger partial charge in [0.15, 0.2) is 5.82 Å². The summed E-state index contributed by atoms with van der Waals surface area (Å²) in [6.07, 6.45) is 1.86. The fourth-order valence-corrected chi connectivity index (χ4v) is 5.06. The number of hydrogen-bond donors (Lipinski definition) is 2. The number of sulfonamides is 1. The monoisotopic (exact) mass is 503 g/mol. The molecule has 3 aromatic carbocycles. The normalized spacial score (nSPS) is 12.5. The predicted octanol–water partition coefficient (Wildman–Crippen LogP) is 5.40. The lowest BCUT2D eigenvalue weighted by Crippen LogP contribution is -2.29. The maximum Gasteiger partial charge on any atom is 0.322 e. The maximum absolute atomic E-state index is 13.0. The van der Waals surface area contributed by atoms with Gasteiger partial charge in [0, 0.05) is 24.3 Å². The second kappa shape index (κ2) is 9.84. The zero-order chi connectivity index (χ0) is 25.1. The van der Waals surface area contributed by atoms with Gasteiger partial charge in [0.1, 0.15) is 17.2 Å². The molecule has 0 fully saturated rings. The minimum absolute atomic E-state index is 0.119. The van der Waals surface area contributed by atoms with E-state index in [4.69, 9.17) is 9.47 Å². The van der Waals surface area contributed by atoms with Crippen LogP contribution >= 0.6 is 0 Å². The average Bonchev–Trinajstić information content (AvgIpc) is 3.51. The molecule has 5 aromatic rings. The third kappa shape index (κ3) is 4.95.